The summed E-state index contributed by atoms with van der Waals surface area (Å²) in [5.74, 6) is 2.14. The highest BCUT2D eigenvalue weighted by molar-refractivity contribution is 4.90. The number of nitrogens with zero attached hydrogens (tertiary/aromatic N) is 1. The van der Waals surface area contributed by atoms with Gasteiger partial charge in [-0.05, 0) is 31.1 Å². The van der Waals surface area contributed by atoms with E-state index in [9.17, 15) is 0 Å². The lowest BCUT2D eigenvalue weighted by Gasteiger charge is -2.39. The van der Waals surface area contributed by atoms with Gasteiger partial charge in [-0.3, -0.25) is 4.90 Å². The van der Waals surface area contributed by atoms with E-state index in [4.69, 9.17) is 4.74 Å². The van der Waals surface area contributed by atoms with E-state index < -0.39 is 0 Å². The maximum Gasteiger partial charge on any atom is 0.0594 e. The fraction of sp³-hybridized carbons (Fsp3) is 1.00. The van der Waals surface area contributed by atoms with E-state index in [0.717, 1.165) is 31.1 Å². The molecule has 0 aromatic rings. The number of hydrogen-bond donors (Lipinski definition) is 0. The molecule has 3 fully saturated rings. The number of rotatable bonds is 1. The highest BCUT2D eigenvalue weighted by atomic mass is 16.5. The molecule has 2 bridgehead atoms. The highest BCUT2D eigenvalue weighted by Crippen LogP contribution is 2.43. The average molecular weight is 195 g/mol. The van der Waals surface area contributed by atoms with Crippen LogP contribution < -0.4 is 0 Å². The van der Waals surface area contributed by atoms with Crippen LogP contribution in [0.1, 0.15) is 32.1 Å². The molecule has 2 aliphatic carbocycles. The molecule has 3 rings (SSSR count). The summed E-state index contributed by atoms with van der Waals surface area (Å²) in [4.78, 5) is 2.69. The van der Waals surface area contributed by atoms with Gasteiger partial charge in [0.25, 0.3) is 0 Å². The largest absolute Gasteiger partial charge is 0.379 e. The Hall–Kier alpha value is -0.0800. The lowest BCUT2D eigenvalue weighted by atomic mass is 9.84. The Morgan fingerprint density at radius 1 is 0.857 bits per heavy atom. The van der Waals surface area contributed by atoms with E-state index in [0.29, 0.717) is 0 Å². The molecular weight excluding hydrogens is 174 g/mol. The molecule has 0 aromatic carbocycles. The third kappa shape index (κ3) is 1.70. The second-order valence-corrected chi connectivity index (χ2v) is 5.32. The summed E-state index contributed by atoms with van der Waals surface area (Å²) < 4.78 is 5.42. The van der Waals surface area contributed by atoms with Gasteiger partial charge in [-0.2, -0.15) is 0 Å². The van der Waals surface area contributed by atoms with Gasteiger partial charge in [0.05, 0.1) is 13.2 Å². The summed E-state index contributed by atoms with van der Waals surface area (Å²) >= 11 is 0. The molecule has 2 nitrogen and oxygen atoms in total. The lowest BCUT2D eigenvalue weighted by Crippen LogP contribution is -2.45. The molecule has 2 saturated carbocycles. The van der Waals surface area contributed by atoms with Crippen LogP contribution in [0.4, 0.5) is 0 Å². The zero-order chi connectivity index (χ0) is 9.38. The molecule has 1 aliphatic heterocycles. The van der Waals surface area contributed by atoms with Crippen molar-refractivity contribution >= 4 is 0 Å². The van der Waals surface area contributed by atoms with Gasteiger partial charge in [0.15, 0.2) is 0 Å². The van der Waals surface area contributed by atoms with Crippen molar-refractivity contribution in [2.24, 2.45) is 11.8 Å². The maximum absolute atomic E-state index is 5.42. The van der Waals surface area contributed by atoms with E-state index in [2.05, 4.69) is 4.90 Å². The quantitative estimate of drug-likeness (QED) is 0.633. The van der Waals surface area contributed by atoms with E-state index in [-0.39, 0.29) is 0 Å². The number of fused-ring (bicyclic) bond motifs is 2. The van der Waals surface area contributed by atoms with E-state index in [1.807, 2.05) is 0 Å². The summed E-state index contributed by atoms with van der Waals surface area (Å²) in [6, 6.07) is 0.908. The monoisotopic (exact) mass is 195 g/mol. The van der Waals surface area contributed by atoms with Crippen molar-refractivity contribution in [1.29, 1.82) is 0 Å². The Labute approximate surface area is 86.6 Å². The number of ether oxygens (including phenoxy) is 1. The van der Waals surface area contributed by atoms with Crippen LogP contribution in [0.15, 0.2) is 0 Å². The summed E-state index contributed by atoms with van der Waals surface area (Å²) in [6.07, 6.45) is 7.55. The molecule has 3 aliphatic rings. The van der Waals surface area contributed by atoms with Crippen LogP contribution >= 0.6 is 0 Å². The maximum atomic E-state index is 5.42. The number of morpholine rings is 1. The average Bonchev–Trinajstić information content (AvgIpc) is 2.59. The second-order valence-electron chi connectivity index (χ2n) is 5.32. The first kappa shape index (κ1) is 9.17. The van der Waals surface area contributed by atoms with Crippen LogP contribution in [0.2, 0.25) is 0 Å². The molecule has 2 atom stereocenters. The normalized spacial score (nSPS) is 44.1. The fourth-order valence-electron chi connectivity index (χ4n) is 3.71. The predicted molar refractivity (Wildman–Crippen MR) is 56.2 cm³/mol. The molecule has 1 heterocycles. The lowest BCUT2D eigenvalue weighted by molar-refractivity contribution is 0.00162. The number of hydrogen-bond acceptors (Lipinski definition) is 2. The Morgan fingerprint density at radius 3 is 2.14 bits per heavy atom. The topological polar surface area (TPSA) is 12.5 Å². The minimum Gasteiger partial charge on any atom is -0.379 e. The van der Waals surface area contributed by atoms with Crippen LogP contribution in [0.3, 0.4) is 0 Å². The van der Waals surface area contributed by atoms with Gasteiger partial charge in [-0.1, -0.05) is 12.8 Å². The zero-order valence-corrected chi connectivity index (χ0v) is 8.95. The Kier molecular flexibility index (Phi) is 2.50. The smallest absolute Gasteiger partial charge is 0.0594 e. The van der Waals surface area contributed by atoms with Crippen LogP contribution in [-0.2, 0) is 4.74 Å². The molecule has 80 valence electrons. The minimum absolute atomic E-state index is 0.908. The van der Waals surface area contributed by atoms with Gasteiger partial charge < -0.3 is 4.74 Å². The first-order chi connectivity index (χ1) is 6.92. The standard InChI is InChI=1S/C12H21NO/c1-2-11-7-10(1)8-12(9-11)13-3-5-14-6-4-13/h10-12H,1-9H2. The van der Waals surface area contributed by atoms with Gasteiger partial charge in [0.1, 0.15) is 0 Å². The van der Waals surface area contributed by atoms with Gasteiger partial charge >= 0.3 is 0 Å². The molecule has 0 radical (unpaired) electrons. The SMILES string of the molecule is C1CN(C2CC3CCC(C3)C2)CCO1. The summed E-state index contributed by atoms with van der Waals surface area (Å²) in [5.41, 5.74) is 0. The molecule has 1 saturated heterocycles. The van der Waals surface area contributed by atoms with Gasteiger partial charge in [-0.15, -0.1) is 0 Å². The molecule has 0 N–H and O–H groups in total. The first-order valence-corrected chi connectivity index (χ1v) is 6.23. The van der Waals surface area contributed by atoms with Gasteiger partial charge in [-0.25, -0.2) is 0 Å². The van der Waals surface area contributed by atoms with Crippen molar-refractivity contribution < 1.29 is 4.74 Å². The van der Waals surface area contributed by atoms with Crippen molar-refractivity contribution in [2.45, 2.75) is 38.1 Å². The van der Waals surface area contributed by atoms with Crippen molar-refractivity contribution in [3.05, 3.63) is 0 Å². The molecule has 14 heavy (non-hydrogen) atoms. The second kappa shape index (κ2) is 3.82. The summed E-state index contributed by atoms with van der Waals surface area (Å²) in [6.45, 7) is 4.30. The van der Waals surface area contributed by atoms with Crippen LogP contribution in [-0.4, -0.2) is 37.2 Å². The third-order valence-corrected chi connectivity index (χ3v) is 4.42. The van der Waals surface area contributed by atoms with Crippen molar-refractivity contribution in [2.75, 3.05) is 26.3 Å². The summed E-state index contributed by atoms with van der Waals surface area (Å²) in [7, 11) is 0. The Bertz CT molecular complexity index is 188. The third-order valence-electron chi connectivity index (χ3n) is 4.42. The molecule has 2 heteroatoms. The van der Waals surface area contributed by atoms with E-state index >= 15 is 0 Å². The molecule has 2 unspecified atom stereocenters. The van der Waals surface area contributed by atoms with E-state index in [1.54, 1.807) is 6.42 Å². The molecular formula is C12H21NO. The highest BCUT2D eigenvalue weighted by Gasteiger charge is 2.36. The zero-order valence-electron chi connectivity index (χ0n) is 8.95. The van der Waals surface area contributed by atoms with Crippen LogP contribution in [0.25, 0.3) is 0 Å². The van der Waals surface area contributed by atoms with Gasteiger partial charge in [0.2, 0.25) is 0 Å². The summed E-state index contributed by atoms with van der Waals surface area (Å²) in [5, 5.41) is 0. The van der Waals surface area contributed by atoms with Crippen LogP contribution in [0, 0.1) is 11.8 Å². The van der Waals surface area contributed by atoms with Crippen molar-refractivity contribution in [3.8, 4) is 0 Å². The van der Waals surface area contributed by atoms with E-state index in [1.165, 1.54) is 38.8 Å². The molecule has 0 aromatic heterocycles. The predicted octanol–water partition coefficient (Wildman–Crippen LogP) is 1.90. The molecule has 0 amide bonds. The van der Waals surface area contributed by atoms with Crippen LogP contribution in [0.5, 0.6) is 0 Å². The van der Waals surface area contributed by atoms with Gasteiger partial charge in [0, 0.05) is 19.1 Å². The fourth-order valence-corrected chi connectivity index (χ4v) is 3.71. The van der Waals surface area contributed by atoms with Crippen molar-refractivity contribution in [3.63, 3.8) is 0 Å². The Balaban J connectivity index is 1.61. The Morgan fingerprint density at radius 2 is 1.50 bits per heavy atom. The minimum atomic E-state index is 0.908. The van der Waals surface area contributed by atoms with Crippen molar-refractivity contribution in [1.82, 2.24) is 4.90 Å². The molecule has 0 spiro atoms. The first-order valence-electron chi connectivity index (χ1n) is 6.23.